The fraction of sp³-hybridized carbons (Fsp3) is 0.111. The first-order chi connectivity index (χ1) is 14.1. The maximum Gasteiger partial charge on any atom is 0.0359 e. The molecule has 0 aromatic heterocycles. The molecule has 0 radical (unpaired) electrons. The van der Waals surface area contributed by atoms with Gasteiger partial charge >= 0.3 is 0 Å². The van der Waals surface area contributed by atoms with E-state index in [1.807, 2.05) is 0 Å². The zero-order valence-corrected chi connectivity index (χ0v) is 19.7. The van der Waals surface area contributed by atoms with Crippen molar-refractivity contribution in [3.63, 3.8) is 0 Å². The Hall–Kier alpha value is -2.16. The summed E-state index contributed by atoms with van der Waals surface area (Å²) in [4.78, 5) is 0. The molecule has 0 aliphatic carbocycles. The van der Waals surface area contributed by atoms with Crippen LogP contribution in [0.5, 0.6) is 0 Å². The highest BCUT2D eigenvalue weighted by atomic mass is 79.9. The van der Waals surface area contributed by atoms with E-state index >= 15 is 0 Å². The van der Waals surface area contributed by atoms with Crippen LogP contribution in [0.4, 0.5) is 0 Å². The summed E-state index contributed by atoms with van der Waals surface area (Å²) in [6.07, 6.45) is 0.881. The minimum absolute atomic E-state index is 0.881. The van der Waals surface area contributed by atoms with Crippen LogP contribution in [0.15, 0.2) is 93.9 Å². The van der Waals surface area contributed by atoms with Crippen LogP contribution in [0.1, 0.15) is 22.3 Å². The van der Waals surface area contributed by atoms with Crippen LogP contribution in [0.2, 0.25) is 0 Å². The predicted octanol–water partition coefficient (Wildman–Crippen LogP) is 8.75. The summed E-state index contributed by atoms with van der Waals surface area (Å²) >= 11 is 7.60. The molecule has 2 heteroatoms. The molecule has 4 rings (SSSR count). The molecule has 0 spiro atoms. The van der Waals surface area contributed by atoms with Gasteiger partial charge in [-0.2, -0.15) is 0 Å². The molecule has 0 bridgehead atoms. The van der Waals surface area contributed by atoms with Gasteiger partial charge in [0, 0.05) is 8.95 Å². The molecule has 29 heavy (non-hydrogen) atoms. The summed E-state index contributed by atoms with van der Waals surface area (Å²) in [5.74, 6) is 0. The third kappa shape index (κ3) is 4.10. The first-order valence-electron chi connectivity index (χ1n) is 9.73. The molecule has 0 saturated carbocycles. The number of rotatable bonds is 4. The van der Waals surface area contributed by atoms with Gasteiger partial charge in [-0.25, -0.2) is 0 Å². The van der Waals surface area contributed by atoms with Gasteiger partial charge in [0.15, 0.2) is 0 Å². The minimum Gasteiger partial charge on any atom is -0.0622 e. The molecule has 0 N–H and O–H groups in total. The van der Waals surface area contributed by atoms with Crippen molar-refractivity contribution in [1.29, 1.82) is 0 Å². The second-order valence-electron chi connectivity index (χ2n) is 7.35. The monoisotopic (exact) mass is 504 g/mol. The highest BCUT2D eigenvalue weighted by molar-refractivity contribution is 9.13. The lowest BCUT2D eigenvalue weighted by molar-refractivity contribution is 1.16. The van der Waals surface area contributed by atoms with E-state index < -0.39 is 0 Å². The van der Waals surface area contributed by atoms with Crippen molar-refractivity contribution in [2.45, 2.75) is 20.3 Å². The van der Waals surface area contributed by atoms with E-state index in [4.69, 9.17) is 0 Å². The van der Waals surface area contributed by atoms with E-state index in [1.165, 1.54) is 44.5 Å². The van der Waals surface area contributed by atoms with Crippen LogP contribution in [0.25, 0.3) is 22.3 Å². The highest BCUT2D eigenvalue weighted by Crippen LogP contribution is 2.41. The summed E-state index contributed by atoms with van der Waals surface area (Å²) in [6.45, 7) is 4.44. The van der Waals surface area contributed by atoms with Gasteiger partial charge in [0.1, 0.15) is 0 Å². The second-order valence-corrected chi connectivity index (χ2v) is 9.00. The summed E-state index contributed by atoms with van der Waals surface area (Å²) < 4.78 is 2.23. The van der Waals surface area contributed by atoms with Gasteiger partial charge in [0.2, 0.25) is 0 Å². The zero-order chi connectivity index (χ0) is 20.4. The average Bonchev–Trinajstić information content (AvgIpc) is 2.74. The van der Waals surface area contributed by atoms with Gasteiger partial charge in [0.25, 0.3) is 0 Å². The second kappa shape index (κ2) is 8.69. The van der Waals surface area contributed by atoms with E-state index in [0.717, 1.165) is 15.4 Å². The van der Waals surface area contributed by atoms with Crippen molar-refractivity contribution in [2.24, 2.45) is 0 Å². The first-order valence-corrected chi connectivity index (χ1v) is 11.3. The van der Waals surface area contributed by atoms with Crippen LogP contribution in [-0.2, 0) is 6.42 Å². The molecule has 0 aliphatic heterocycles. The van der Waals surface area contributed by atoms with Crippen LogP contribution in [0.3, 0.4) is 0 Å². The van der Waals surface area contributed by atoms with Gasteiger partial charge in [-0.3, -0.25) is 0 Å². The summed E-state index contributed by atoms with van der Waals surface area (Å²) in [7, 11) is 0. The lowest BCUT2D eigenvalue weighted by Gasteiger charge is -2.20. The normalized spacial score (nSPS) is 10.9. The standard InChI is InChI=1S/C27H22Br2/c1-18-16-25(28)27(29)24(17-20-10-5-3-6-11-20)26(18)23-15-9-14-22(19(23)2)21-12-7-4-8-13-21/h3-16H,17H2,1-2H3. The van der Waals surface area contributed by atoms with Crippen molar-refractivity contribution in [2.75, 3.05) is 0 Å². The van der Waals surface area contributed by atoms with Crippen molar-refractivity contribution in [3.8, 4) is 22.3 Å². The molecule has 0 aliphatic rings. The Morgan fingerprint density at radius 2 is 1.31 bits per heavy atom. The molecule has 0 amide bonds. The maximum atomic E-state index is 3.86. The van der Waals surface area contributed by atoms with Crippen molar-refractivity contribution >= 4 is 31.9 Å². The summed E-state index contributed by atoms with van der Waals surface area (Å²) in [5.41, 5.74) is 10.4. The Labute approximate surface area is 189 Å². The Kier molecular flexibility index (Phi) is 6.03. The predicted molar refractivity (Wildman–Crippen MR) is 131 cm³/mol. The quantitative estimate of drug-likeness (QED) is 0.260. The first kappa shape index (κ1) is 20.1. The lowest BCUT2D eigenvalue weighted by atomic mass is 9.86. The van der Waals surface area contributed by atoms with E-state index in [-0.39, 0.29) is 0 Å². The van der Waals surface area contributed by atoms with Crippen molar-refractivity contribution in [1.82, 2.24) is 0 Å². The lowest BCUT2D eigenvalue weighted by Crippen LogP contribution is -2.00. The van der Waals surface area contributed by atoms with E-state index in [0.29, 0.717) is 0 Å². The fourth-order valence-corrected chi connectivity index (χ4v) is 5.03. The Morgan fingerprint density at radius 3 is 2.00 bits per heavy atom. The molecule has 4 aromatic carbocycles. The van der Waals surface area contributed by atoms with Gasteiger partial charge < -0.3 is 0 Å². The molecular weight excluding hydrogens is 484 g/mol. The highest BCUT2D eigenvalue weighted by Gasteiger charge is 2.18. The van der Waals surface area contributed by atoms with Gasteiger partial charge in [-0.05, 0) is 103 Å². The Morgan fingerprint density at radius 1 is 0.690 bits per heavy atom. The van der Waals surface area contributed by atoms with Crippen LogP contribution in [-0.4, -0.2) is 0 Å². The summed E-state index contributed by atoms with van der Waals surface area (Å²) in [6, 6.07) is 30.2. The molecule has 0 fully saturated rings. The number of halogens is 2. The van der Waals surface area contributed by atoms with Crippen LogP contribution < -0.4 is 0 Å². The van der Waals surface area contributed by atoms with E-state index in [2.05, 4.69) is 131 Å². The number of benzene rings is 4. The molecule has 0 nitrogen and oxygen atoms in total. The fourth-order valence-electron chi connectivity index (χ4n) is 4.00. The van der Waals surface area contributed by atoms with Crippen LogP contribution >= 0.6 is 31.9 Å². The average molecular weight is 506 g/mol. The minimum atomic E-state index is 0.881. The molecule has 4 aromatic rings. The van der Waals surface area contributed by atoms with Crippen LogP contribution in [0, 0.1) is 13.8 Å². The Balaban J connectivity index is 1.93. The topological polar surface area (TPSA) is 0 Å². The smallest absolute Gasteiger partial charge is 0.0359 e. The summed E-state index contributed by atoms with van der Waals surface area (Å²) in [5, 5.41) is 0. The van der Waals surface area contributed by atoms with Gasteiger partial charge in [-0.15, -0.1) is 0 Å². The van der Waals surface area contributed by atoms with Crippen molar-refractivity contribution < 1.29 is 0 Å². The van der Waals surface area contributed by atoms with E-state index in [9.17, 15) is 0 Å². The number of aryl methyl sites for hydroxylation is 1. The van der Waals surface area contributed by atoms with E-state index in [1.54, 1.807) is 0 Å². The number of hydrogen-bond acceptors (Lipinski definition) is 0. The maximum absolute atomic E-state index is 3.86. The molecule has 0 heterocycles. The molecule has 144 valence electrons. The zero-order valence-electron chi connectivity index (χ0n) is 16.5. The number of hydrogen-bond donors (Lipinski definition) is 0. The third-order valence-corrected chi connectivity index (χ3v) is 7.49. The van der Waals surface area contributed by atoms with Crippen molar-refractivity contribution in [3.05, 3.63) is 116 Å². The van der Waals surface area contributed by atoms with Gasteiger partial charge in [0.05, 0.1) is 0 Å². The Bertz CT molecular complexity index is 1150. The van der Waals surface area contributed by atoms with Gasteiger partial charge in [-0.1, -0.05) is 78.9 Å². The molecule has 0 unspecified atom stereocenters. The largest absolute Gasteiger partial charge is 0.0622 e. The molecule has 0 atom stereocenters. The third-order valence-electron chi connectivity index (χ3n) is 5.43. The molecular formula is C27H22Br2. The SMILES string of the molecule is Cc1cc(Br)c(Br)c(Cc2ccccc2)c1-c1cccc(-c2ccccc2)c1C. The molecule has 0 saturated heterocycles.